The fraction of sp³-hybridized carbons (Fsp3) is 0.222. The molecule has 0 aliphatic carbocycles. The summed E-state index contributed by atoms with van der Waals surface area (Å²) in [5.41, 5.74) is 3.22. The van der Waals surface area contributed by atoms with E-state index >= 15 is 0 Å². The molecule has 2 aromatic rings. The second kappa shape index (κ2) is 9.91. The number of carbonyl (C=O) groups excluding carboxylic acids is 1. The second-order valence-electron chi connectivity index (χ2n) is 5.07. The molecule has 0 radical (unpaired) electrons. The number of hydrazone groups is 1. The van der Waals surface area contributed by atoms with E-state index < -0.39 is 5.91 Å². The predicted molar refractivity (Wildman–Crippen MR) is 99.9 cm³/mol. The third-order valence-corrected chi connectivity index (χ3v) is 3.54. The van der Waals surface area contributed by atoms with E-state index in [-0.39, 0.29) is 6.61 Å². The van der Waals surface area contributed by atoms with Crippen LogP contribution in [0.25, 0.3) is 0 Å². The zero-order valence-corrected chi connectivity index (χ0v) is 15.2. The highest BCUT2D eigenvalue weighted by atomic mass is 35.5. The van der Waals surface area contributed by atoms with Crippen LogP contribution in [-0.4, -0.2) is 25.3 Å². The van der Waals surface area contributed by atoms with Crippen LogP contribution in [0.15, 0.2) is 47.6 Å². The Morgan fingerprint density at radius 2 is 1.92 bits per heavy atom. The van der Waals surface area contributed by atoms with Crippen LogP contribution in [0.5, 0.6) is 11.5 Å². The van der Waals surface area contributed by atoms with E-state index in [1.165, 1.54) is 6.21 Å². The van der Waals surface area contributed by atoms with Crippen LogP contribution >= 0.6 is 23.2 Å². The maximum absolute atomic E-state index is 11.7. The van der Waals surface area contributed by atoms with Crippen molar-refractivity contribution in [1.82, 2.24) is 5.43 Å². The zero-order chi connectivity index (χ0) is 18.1. The van der Waals surface area contributed by atoms with Gasteiger partial charge in [0.2, 0.25) is 0 Å². The van der Waals surface area contributed by atoms with Crippen molar-refractivity contribution in [1.29, 1.82) is 0 Å². The minimum atomic E-state index is -0.398. The molecule has 0 atom stereocenters. The smallest absolute Gasteiger partial charge is 0.277 e. The monoisotopic (exact) mass is 380 g/mol. The van der Waals surface area contributed by atoms with Crippen molar-refractivity contribution >= 4 is 35.3 Å². The summed E-state index contributed by atoms with van der Waals surface area (Å²) in [6.45, 7) is 2.53. The Kier molecular flexibility index (Phi) is 7.57. The first-order valence-corrected chi connectivity index (χ1v) is 8.46. The molecule has 1 N–H and O–H groups in total. The molecule has 2 aromatic carbocycles. The highest BCUT2D eigenvalue weighted by Gasteiger charge is 2.05. The van der Waals surface area contributed by atoms with Gasteiger partial charge in [-0.15, -0.1) is 0 Å². The Morgan fingerprint density at radius 3 is 2.60 bits per heavy atom. The summed E-state index contributed by atoms with van der Waals surface area (Å²) in [5, 5.41) is 4.72. The number of ether oxygens (including phenoxy) is 2. The lowest BCUT2D eigenvalue weighted by molar-refractivity contribution is -0.123. The molecule has 0 saturated carbocycles. The lowest BCUT2D eigenvalue weighted by atomic mass is 10.2. The van der Waals surface area contributed by atoms with Crippen LogP contribution in [0, 0.1) is 0 Å². The molecule has 0 unspecified atom stereocenters. The number of carbonyl (C=O) groups is 1. The largest absolute Gasteiger partial charge is 0.494 e. The third kappa shape index (κ3) is 6.64. The number of hydrogen-bond acceptors (Lipinski definition) is 4. The first kappa shape index (κ1) is 19.1. The maximum atomic E-state index is 11.7. The molecule has 0 fully saturated rings. The van der Waals surface area contributed by atoms with Gasteiger partial charge in [-0.25, -0.2) is 5.43 Å². The van der Waals surface area contributed by atoms with Gasteiger partial charge in [-0.3, -0.25) is 4.79 Å². The van der Waals surface area contributed by atoms with E-state index in [4.69, 9.17) is 32.7 Å². The molecule has 0 aliphatic heterocycles. The summed E-state index contributed by atoms with van der Waals surface area (Å²) in [6, 6.07) is 12.2. The number of hydrogen-bond donors (Lipinski definition) is 1. The molecule has 0 spiro atoms. The van der Waals surface area contributed by atoms with Gasteiger partial charge in [-0.05, 0) is 54.4 Å². The predicted octanol–water partition coefficient (Wildman–Crippen LogP) is 4.31. The molecule has 132 valence electrons. The number of rotatable bonds is 8. The van der Waals surface area contributed by atoms with Crippen molar-refractivity contribution in [2.75, 3.05) is 13.2 Å². The van der Waals surface area contributed by atoms with E-state index in [1.807, 2.05) is 31.2 Å². The molecule has 0 bridgehead atoms. The molecule has 25 heavy (non-hydrogen) atoms. The van der Waals surface area contributed by atoms with E-state index in [1.54, 1.807) is 18.2 Å². The van der Waals surface area contributed by atoms with Gasteiger partial charge in [0.25, 0.3) is 5.91 Å². The fourth-order valence-corrected chi connectivity index (χ4v) is 2.28. The van der Waals surface area contributed by atoms with E-state index in [0.717, 1.165) is 17.7 Å². The Balaban J connectivity index is 1.78. The molecular weight excluding hydrogens is 363 g/mol. The Morgan fingerprint density at radius 1 is 1.16 bits per heavy atom. The second-order valence-corrected chi connectivity index (χ2v) is 5.92. The molecule has 0 heterocycles. The average molecular weight is 381 g/mol. The van der Waals surface area contributed by atoms with Crippen LogP contribution in [-0.2, 0) is 4.79 Å². The van der Waals surface area contributed by atoms with Crippen LogP contribution in [0.3, 0.4) is 0 Å². The van der Waals surface area contributed by atoms with Gasteiger partial charge in [0, 0.05) is 5.02 Å². The average Bonchev–Trinajstić information content (AvgIpc) is 2.60. The lowest BCUT2D eigenvalue weighted by Crippen LogP contribution is -2.24. The van der Waals surface area contributed by atoms with Gasteiger partial charge in [-0.1, -0.05) is 30.1 Å². The molecular formula is C18H18Cl2N2O3. The molecule has 7 heteroatoms. The summed E-state index contributed by atoms with van der Waals surface area (Å²) in [7, 11) is 0. The summed E-state index contributed by atoms with van der Waals surface area (Å²) in [6.07, 6.45) is 2.50. The van der Waals surface area contributed by atoms with Gasteiger partial charge in [0.15, 0.2) is 6.61 Å². The Labute approximate surface area is 156 Å². The number of benzene rings is 2. The SMILES string of the molecule is CCCOc1ccc(/C=N\NC(=O)COc2ccc(Cl)cc2Cl)cc1. The van der Waals surface area contributed by atoms with E-state index in [0.29, 0.717) is 22.4 Å². The lowest BCUT2D eigenvalue weighted by Gasteiger charge is -2.07. The molecule has 5 nitrogen and oxygen atoms in total. The van der Waals surface area contributed by atoms with Gasteiger partial charge in [0.05, 0.1) is 17.8 Å². The third-order valence-electron chi connectivity index (χ3n) is 3.01. The standard InChI is InChI=1S/C18H18Cl2N2O3/c1-2-9-24-15-6-3-13(4-7-15)11-21-22-18(23)12-25-17-8-5-14(19)10-16(17)20/h3-8,10-11H,2,9,12H2,1H3,(H,22,23)/b21-11-. The maximum Gasteiger partial charge on any atom is 0.277 e. The van der Waals surface area contributed by atoms with Gasteiger partial charge >= 0.3 is 0 Å². The Hall–Kier alpha value is -2.24. The minimum absolute atomic E-state index is 0.206. The molecule has 1 amide bonds. The molecule has 0 aliphatic rings. The summed E-state index contributed by atoms with van der Waals surface area (Å²) >= 11 is 11.8. The van der Waals surface area contributed by atoms with Crippen LogP contribution in [0.2, 0.25) is 10.0 Å². The van der Waals surface area contributed by atoms with Crippen molar-refractivity contribution in [2.24, 2.45) is 5.10 Å². The first-order chi connectivity index (χ1) is 12.1. The van der Waals surface area contributed by atoms with Crippen molar-refractivity contribution < 1.29 is 14.3 Å². The van der Waals surface area contributed by atoms with Crippen molar-refractivity contribution in [3.63, 3.8) is 0 Å². The molecule has 2 rings (SSSR count). The topological polar surface area (TPSA) is 59.9 Å². The number of nitrogens with zero attached hydrogens (tertiary/aromatic N) is 1. The summed E-state index contributed by atoms with van der Waals surface area (Å²) in [5.74, 6) is 0.786. The highest BCUT2D eigenvalue weighted by molar-refractivity contribution is 6.35. The highest BCUT2D eigenvalue weighted by Crippen LogP contribution is 2.27. The Bertz CT molecular complexity index is 734. The first-order valence-electron chi connectivity index (χ1n) is 7.71. The zero-order valence-electron chi connectivity index (χ0n) is 13.7. The van der Waals surface area contributed by atoms with Crippen LogP contribution in [0.1, 0.15) is 18.9 Å². The summed E-state index contributed by atoms with van der Waals surface area (Å²) < 4.78 is 10.8. The van der Waals surface area contributed by atoms with Crippen molar-refractivity contribution in [3.8, 4) is 11.5 Å². The van der Waals surface area contributed by atoms with Crippen molar-refractivity contribution in [2.45, 2.75) is 13.3 Å². The van der Waals surface area contributed by atoms with E-state index in [9.17, 15) is 4.79 Å². The van der Waals surface area contributed by atoms with Gasteiger partial charge < -0.3 is 9.47 Å². The van der Waals surface area contributed by atoms with Crippen LogP contribution in [0.4, 0.5) is 0 Å². The van der Waals surface area contributed by atoms with Gasteiger partial charge in [-0.2, -0.15) is 5.10 Å². The quantitative estimate of drug-likeness (QED) is 0.548. The number of nitrogens with one attached hydrogen (secondary N) is 1. The minimum Gasteiger partial charge on any atom is -0.494 e. The van der Waals surface area contributed by atoms with Crippen LogP contribution < -0.4 is 14.9 Å². The van der Waals surface area contributed by atoms with Gasteiger partial charge in [0.1, 0.15) is 11.5 Å². The fourth-order valence-electron chi connectivity index (χ4n) is 1.82. The number of halogens is 2. The van der Waals surface area contributed by atoms with E-state index in [2.05, 4.69) is 10.5 Å². The number of amides is 1. The molecule has 0 saturated heterocycles. The normalized spacial score (nSPS) is 10.7. The summed E-state index contributed by atoms with van der Waals surface area (Å²) in [4.78, 5) is 11.7. The van der Waals surface area contributed by atoms with Crippen molar-refractivity contribution in [3.05, 3.63) is 58.1 Å². The molecule has 0 aromatic heterocycles.